The van der Waals surface area contributed by atoms with Crippen LogP contribution in [0.2, 0.25) is 0 Å². The van der Waals surface area contributed by atoms with Crippen LogP contribution < -0.4 is 9.84 Å². The monoisotopic (exact) mass is 555 g/mol. The average molecular weight is 556 g/mol. The Kier molecular flexibility index (Phi) is 26.1. The Morgan fingerprint density at radius 3 is 1.32 bits per heavy atom. The molecule has 0 fully saturated rings. The molecule has 0 bridgehead atoms. The van der Waals surface area contributed by atoms with Gasteiger partial charge in [0.15, 0.2) is 0 Å². The van der Waals surface area contributed by atoms with Gasteiger partial charge in [0, 0.05) is 0 Å². The minimum atomic E-state index is -1.23. The van der Waals surface area contributed by atoms with Gasteiger partial charge in [-0.15, -0.1) is 0 Å². The van der Waals surface area contributed by atoms with Gasteiger partial charge >= 0.3 is 0 Å². The van der Waals surface area contributed by atoms with Crippen LogP contribution in [0.15, 0.2) is 61.2 Å². The lowest BCUT2D eigenvalue weighted by Crippen LogP contribution is -2.17. The van der Waals surface area contributed by atoms with Crippen LogP contribution in [0.5, 0.6) is 11.5 Å². The summed E-state index contributed by atoms with van der Waals surface area (Å²) in [5.74, 6) is 0.853. The van der Waals surface area contributed by atoms with Gasteiger partial charge in [-0.2, -0.15) is 0 Å². The van der Waals surface area contributed by atoms with Gasteiger partial charge in [0.25, 0.3) is 0 Å². The number of hydrogen-bond donors (Lipinski definition) is 2. The van der Waals surface area contributed by atoms with Crippen molar-refractivity contribution in [3.8, 4) is 11.5 Å². The molecule has 5 heteroatoms. The van der Waals surface area contributed by atoms with E-state index >= 15 is 0 Å². The third-order valence-corrected chi connectivity index (χ3v) is 6.53. The van der Waals surface area contributed by atoms with Gasteiger partial charge in [-0.3, -0.25) is 0 Å². The maximum atomic E-state index is 9.14. The fraction of sp³-hybridized carbons (Fsp3) is 0.571. The summed E-state index contributed by atoms with van der Waals surface area (Å²) >= 11 is 0. The molecule has 0 heterocycles. The van der Waals surface area contributed by atoms with E-state index < -0.39 is 5.97 Å². The van der Waals surface area contributed by atoms with E-state index in [9.17, 15) is 0 Å². The van der Waals surface area contributed by atoms with Crippen molar-refractivity contribution in [3.05, 3.63) is 72.3 Å². The Balaban J connectivity index is 0.00000146. The number of carboxylic acids is 1. The topological polar surface area (TPSA) is 89.8 Å². The second-order valence-electron chi connectivity index (χ2n) is 10.0. The number of ether oxygens (including phenoxy) is 1. The van der Waals surface area contributed by atoms with E-state index in [1.54, 1.807) is 0 Å². The molecular formula is C35H55O5-. The minimum Gasteiger partial charge on any atom is -0.545 e. The number of carboxylic acid groups (broad SMARTS) is 1. The second-order valence-corrected chi connectivity index (χ2v) is 10.0. The smallest absolute Gasteiger partial charge is 0.130 e. The SMILES string of the molecule is C=CC(=O)[O-].CCCCCCCCCc1ccccc1Oc1ccccc1CCCCCCCCC.OCCO. The molecule has 0 saturated carbocycles. The summed E-state index contributed by atoms with van der Waals surface area (Å²) in [6, 6.07) is 17.3. The van der Waals surface area contributed by atoms with Crippen LogP contribution in [0.25, 0.3) is 0 Å². The standard InChI is InChI=1S/C30H46O.C3H4O2.C2H6O2/c1-3-5-7-9-11-13-15-21-27-23-17-19-25-29(27)31-30-26-20-18-24-28(30)22-16-14-12-10-8-6-4-2;1-2-3(4)5;3-1-2-4/h17-20,23-26H,3-16,21-22H2,1-2H3;2H,1H2,(H,4,5);3-4H,1-2H2/p-1. The van der Waals surface area contributed by atoms with Crippen molar-refractivity contribution in [3.63, 3.8) is 0 Å². The highest BCUT2D eigenvalue weighted by Gasteiger charge is 2.08. The first-order chi connectivity index (χ1) is 19.5. The summed E-state index contributed by atoms with van der Waals surface area (Å²) in [7, 11) is 0. The van der Waals surface area contributed by atoms with Gasteiger partial charge in [-0.05, 0) is 55.0 Å². The lowest BCUT2D eigenvalue weighted by atomic mass is 10.0. The van der Waals surface area contributed by atoms with Gasteiger partial charge in [0.1, 0.15) is 11.5 Å². The number of carbonyl (C=O) groups excluding carboxylic acids is 1. The molecule has 0 aliphatic rings. The highest BCUT2D eigenvalue weighted by molar-refractivity contribution is 5.76. The molecular weight excluding hydrogens is 500 g/mol. The molecule has 2 aromatic rings. The lowest BCUT2D eigenvalue weighted by molar-refractivity contribution is -0.297. The fourth-order valence-corrected chi connectivity index (χ4v) is 4.28. The Morgan fingerprint density at radius 2 is 1.00 bits per heavy atom. The summed E-state index contributed by atoms with van der Waals surface area (Å²) in [6.45, 7) is 7.21. The van der Waals surface area contributed by atoms with Gasteiger partial charge < -0.3 is 24.9 Å². The van der Waals surface area contributed by atoms with Crippen molar-refractivity contribution in [2.45, 2.75) is 117 Å². The molecule has 0 aromatic heterocycles. The van der Waals surface area contributed by atoms with Crippen molar-refractivity contribution in [1.82, 2.24) is 0 Å². The second kappa shape index (κ2) is 27.9. The number of carbonyl (C=O) groups is 1. The molecule has 5 nitrogen and oxygen atoms in total. The Labute approximate surface area is 244 Å². The van der Waals surface area contributed by atoms with Gasteiger partial charge in [-0.25, -0.2) is 0 Å². The van der Waals surface area contributed by atoms with E-state index in [1.165, 1.54) is 101 Å². The molecule has 2 aromatic carbocycles. The number of unbranched alkanes of at least 4 members (excludes halogenated alkanes) is 12. The van der Waals surface area contributed by atoms with E-state index in [4.69, 9.17) is 24.9 Å². The average Bonchev–Trinajstić information content (AvgIpc) is 2.98. The number of aryl methyl sites for hydroxylation is 2. The highest BCUT2D eigenvalue weighted by Crippen LogP contribution is 2.30. The molecule has 0 spiro atoms. The molecule has 0 unspecified atom stereocenters. The zero-order chi connectivity index (χ0) is 29.7. The first-order valence-corrected chi connectivity index (χ1v) is 15.4. The van der Waals surface area contributed by atoms with Crippen molar-refractivity contribution in [2.75, 3.05) is 13.2 Å². The molecule has 0 saturated heterocycles. The van der Waals surface area contributed by atoms with Crippen LogP contribution in [0.1, 0.15) is 115 Å². The molecule has 0 amide bonds. The first-order valence-electron chi connectivity index (χ1n) is 15.4. The molecule has 40 heavy (non-hydrogen) atoms. The first kappa shape index (κ1) is 37.4. The summed E-state index contributed by atoms with van der Waals surface area (Å²) in [5.41, 5.74) is 2.70. The van der Waals surface area contributed by atoms with Crippen molar-refractivity contribution in [2.24, 2.45) is 0 Å². The largest absolute Gasteiger partial charge is 0.545 e. The molecule has 2 N–H and O–H groups in total. The lowest BCUT2D eigenvalue weighted by Gasteiger charge is -2.14. The number of rotatable bonds is 20. The highest BCUT2D eigenvalue weighted by atomic mass is 16.5. The number of aliphatic carboxylic acids is 1. The number of para-hydroxylation sites is 2. The predicted octanol–water partition coefficient (Wildman–Crippen LogP) is 7.96. The maximum Gasteiger partial charge on any atom is 0.130 e. The van der Waals surface area contributed by atoms with E-state index in [0.29, 0.717) is 0 Å². The van der Waals surface area contributed by atoms with Gasteiger partial charge in [0.2, 0.25) is 0 Å². The van der Waals surface area contributed by atoms with E-state index in [1.807, 2.05) is 0 Å². The summed E-state index contributed by atoms with van der Waals surface area (Å²) in [5, 5.41) is 24.4. The van der Waals surface area contributed by atoms with E-state index in [2.05, 4.69) is 69.0 Å². The van der Waals surface area contributed by atoms with Crippen LogP contribution in [-0.4, -0.2) is 29.4 Å². The zero-order valence-electron chi connectivity index (χ0n) is 25.3. The van der Waals surface area contributed by atoms with Gasteiger partial charge in [0.05, 0.1) is 19.2 Å². The third kappa shape index (κ3) is 21.2. The van der Waals surface area contributed by atoms with Crippen LogP contribution in [0.4, 0.5) is 0 Å². The molecule has 226 valence electrons. The number of aliphatic hydroxyl groups excluding tert-OH is 2. The van der Waals surface area contributed by atoms with E-state index in [0.717, 1.165) is 30.4 Å². The summed E-state index contributed by atoms with van der Waals surface area (Å²) < 4.78 is 6.46. The van der Waals surface area contributed by atoms with Crippen LogP contribution in [0, 0.1) is 0 Å². The van der Waals surface area contributed by atoms with Crippen LogP contribution >= 0.6 is 0 Å². The number of benzene rings is 2. The normalized spacial score (nSPS) is 10.1. The Bertz CT molecular complexity index is 803. The molecule has 0 aliphatic carbocycles. The van der Waals surface area contributed by atoms with Crippen LogP contribution in [-0.2, 0) is 17.6 Å². The van der Waals surface area contributed by atoms with E-state index in [-0.39, 0.29) is 13.2 Å². The van der Waals surface area contributed by atoms with Crippen molar-refractivity contribution < 1.29 is 24.9 Å². The Hall–Kier alpha value is -2.63. The molecule has 0 atom stereocenters. The fourth-order valence-electron chi connectivity index (χ4n) is 4.28. The molecule has 2 rings (SSSR count). The molecule has 0 aliphatic heterocycles. The number of aliphatic hydroxyl groups is 2. The quantitative estimate of drug-likeness (QED) is 0.128. The summed E-state index contributed by atoms with van der Waals surface area (Å²) in [4.78, 5) is 9.14. The van der Waals surface area contributed by atoms with Crippen LogP contribution in [0.3, 0.4) is 0 Å². The van der Waals surface area contributed by atoms with Crippen molar-refractivity contribution in [1.29, 1.82) is 0 Å². The minimum absolute atomic E-state index is 0.125. The molecule has 0 radical (unpaired) electrons. The van der Waals surface area contributed by atoms with Gasteiger partial charge in [-0.1, -0.05) is 134 Å². The third-order valence-electron chi connectivity index (χ3n) is 6.53. The zero-order valence-corrected chi connectivity index (χ0v) is 25.3. The van der Waals surface area contributed by atoms with Crippen molar-refractivity contribution >= 4 is 5.97 Å². The Morgan fingerprint density at radius 1 is 0.675 bits per heavy atom. The number of hydrogen-bond acceptors (Lipinski definition) is 5. The summed E-state index contributed by atoms with van der Waals surface area (Å²) in [6.07, 6.45) is 21.8. The maximum absolute atomic E-state index is 9.14. The predicted molar refractivity (Wildman–Crippen MR) is 166 cm³/mol.